The van der Waals surface area contributed by atoms with E-state index in [1.54, 1.807) is 18.0 Å². The van der Waals surface area contributed by atoms with Crippen LogP contribution in [0.3, 0.4) is 0 Å². The van der Waals surface area contributed by atoms with Crippen LogP contribution in [-0.4, -0.2) is 19.1 Å². The second kappa shape index (κ2) is 5.95. The van der Waals surface area contributed by atoms with Crippen molar-refractivity contribution in [2.75, 3.05) is 0 Å². The SMILES string of the molecule is Cc1cccc(-n2ccnc2SCc2ncc(Cl)n2C)c1. The molecule has 108 valence electrons. The molecule has 0 amide bonds. The second-order valence-electron chi connectivity index (χ2n) is 4.76. The number of rotatable bonds is 4. The van der Waals surface area contributed by atoms with Gasteiger partial charge in [0.05, 0.1) is 11.9 Å². The Balaban J connectivity index is 1.81. The normalized spacial score (nSPS) is 11.0. The lowest BCUT2D eigenvalue weighted by molar-refractivity contribution is 0.843. The van der Waals surface area contributed by atoms with Gasteiger partial charge >= 0.3 is 0 Å². The van der Waals surface area contributed by atoms with E-state index in [0.29, 0.717) is 5.15 Å². The Bertz CT molecular complexity index is 763. The number of hydrogen-bond donors (Lipinski definition) is 0. The quantitative estimate of drug-likeness (QED) is 0.685. The van der Waals surface area contributed by atoms with E-state index in [4.69, 9.17) is 11.6 Å². The molecular weight excluding hydrogens is 304 g/mol. The minimum absolute atomic E-state index is 0.646. The molecule has 0 aliphatic heterocycles. The lowest BCUT2D eigenvalue weighted by Gasteiger charge is -2.08. The van der Waals surface area contributed by atoms with Crippen molar-refractivity contribution in [3.05, 3.63) is 59.4 Å². The predicted molar refractivity (Wildman–Crippen MR) is 86.1 cm³/mol. The zero-order valence-corrected chi connectivity index (χ0v) is 13.4. The van der Waals surface area contributed by atoms with Gasteiger partial charge in [0.1, 0.15) is 11.0 Å². The summed E-state index contributed by atoms with van der Waals surface area (Å²) in [5, 5.41) is 1.59. The summed E-state index contributed by atoms with van der Waals surface area (Å²) in [4.78, 5) is 8.73. The fourth-order valence-electron chi connectivity index (χ4n) is 2.06. The minimum atomic E-state index is 0.646. The van der Waals surface area contributed by atoms with E-state index in [0.717, 1.165) is 22.4 Å². The van der Waals surface area contributed by atoms with Gasteiger partial charge in [-0.25, -0.2) is 9.97 Å². The van der Waals surface area contributed by atoms with Crippen molar-refractivity contribution in [3.63, 3.8) is 0 Å². The van der Waals surface area contributed by atoms with Crippen molar-refractivity contribution >= 4 is 23.4 Å². The van der Waals surface area contributed by atoms with Crippen LogP contribution in [0, 0.1) is 6.92 Å². The molecule has 0 saturated carbocycles. The van der Waals surface area contributed by atoms with Crippen LogP contribution >= 0.6 is 23.4 Å². The summed E-state index contributed by atoms with van der Waals surface area (Å²) >= 11 is 7.65. The van der Waals surface area contributed by atoms with Gasteiger partial charge in [-0.3, -0.25) is 4.57 Å². The Morgan fingerprint density at radius 1 is 1.29 bits per heavy atom. The van der Waals surface area contributed by atoms with E-state index in [2.05, 4.69) is 45.7 Å². The molecule has 3 rings (SSSR count). The van der Waals surface area contributed by atoms with Gasteiger partial charge in [-0.2, -0.15) is 0 Å². The second-order valence-corrected chi connectivity index (χ2v) is 6.09. The highest BCUT2D eigenvalue weighted by Crippen LogP contribution is 2.24. The van der Waals surface area contributed by atoms with Gasteiger partial charge in [0.25, 0.3) is 0 Å². The third-order valence-corrected chi connectivity index (χ3v) is 4.56. The molecule has 2 heterocycles. The highest BCUT2D eigenvalue weighted by atomic mass is 35.5. The first-order chi connectivity index (χ1) is 10.1. The van der Waals surface area contributed by atoms with Gasteiger partial charge < -0.3 is 4.57 Å². The maximum Gasteiger partial charge on any atom is 0.173 e. The molecule has 0 fully saturated rings. The topological polar surface area (TPSA) is 35.6 Å². The number of imidazole rings is 2. The first kappa shape index (κ1) is 14.2. The Labute approximate surface area is 132 Å². The molecular formula is C15H15ClN4S. The summed E-state index contributed by atoms with van der Waals surface area (Å²) in [6.45, 7) is 2.09. The highest BCUT2D eigenvalue weighted by molar-refractivity contribution is 7.98. The van der Waals surface area contributed by atoms with E-state index in [9.17, 15) is 0 Å². The van der Waals surface area contributed by atoms with Crippen molar-refractivity contribution in [2.24, 2.45) is 7.05 Å². The largest absolute Gasteiger partial charge is 0.322 e. The number of benzene rings is 1. The summed E-state index contributed by atoms with van der Waals surface area (Å²) in [6, 6.07) is 8.36. The number of nitrogens with zero attached hydrogens (tertiary/aromatic N) is 4. The van der Waals surface area contributed by atoms with Crippen molar-refractivity contribution < 1.29 is 0 Å². The maximum atomic E-state index is 6.00. The summed E-state index contributed by atoms with van der Waals surface area (Å²) in [6.07, 6.45) is 5.46. The minimum Gasteiger partial charge on any atom is -0.322 e. The lowest BCUT2D eigenvalue weighted by atomic mass is 10.2. The molecule has 0 radical (unpaired) electrons. The molecule has 0 atom stereocenters. The third kappa shape index (κ3) is 2.99. The van der Waals surface area contributed by atoms with Crippen LogP contribution in [0.5, 0.6) is 0 Å². The molecule has 0 spiro atoms. The summed E-state index contributed by atoms with van der Waals surface area (Å²) in [5.74, 6) is 1.66. The van der Waals surface area contributed by atoms with E-state index < -0.39 is 0 Å². The summed E-state index contributed by atoms with van der Waals surface area (Å²) in [5.41, 5.74) is 2.35. The number of hydrogen-bond acceptors (Lipinski definition) is 3. The molecule has 0 N–H and O–H groups in total. The van der Waals surface area contributed by atoms with E-state index >= 15 is 0 Å². The van der Waals surface area contributed by atoms with Crippen LogP contribution in [0.4, 0.5) is 0 Å². The van der Waals surface area contributed by atoms with E-state index in [1.807, 2.05) is 24.0 Å². The zero-order chi connectivity index (χ0) is 14.8. The molecule has 3 aromatic rings. The van der Waals surface area contributed by atoms with Crippen LogP contribution < -0.4 is 0 Å². The summed E-state index contributed by atoms with van der Waals surface area (Å²) in [7, 11) is 1.91. The molecule has 0 aliphatic carbocycles. The molecule has 21 heavy (non-hydrogen) atoms. The van der Waals surface area contributed by atoms with Gasteiger partial charge in [-0.05, 0) is 24.6 Å². The molecule has 4 nitrogen and oxygen atoms in total. The highest BCUT2D eigenvalue weighted by Gasteiger charge is 2.09. The number of aromatic nitrogens is 4. The van der Waals surface area contributed by atoms with Gasteiger partial charge in [0.15, 0.2) is 5.16 Å². The predicted octanol–water partition coefficient (Wildman–Crippen LogP) is 3.86. The average molecular weight is 319 g/mol. The van der Waals surface area contributed by atoms with Gasteiger partial charge in [0.2, 0.25) is 0 Å². The molecule has 6 heteroatoms. The molecule has 0 aliphatic rings. The van der Waals surface area contributed by atoms with Crippen LogP contribution in [0.25, 0.3) is 5.69 Å². The van der Waals surface area contributed by atoms with Crippen LogP contribution in [0.1, 0.15) is 11.4 Å². The Morgan fingerprint density at radius 2 is 2.14 bits per heavy atom. The number of aryl methyl sites for hydroxylation is 1. The van der Waals surface area contributed by atoms with E-state index in [1.165, 1.54) is 5.56 Å². The maximum absolute atomic E-state index is 6.00. The molecule has 0 unspecified atom stereocenters. The summed E-state index contributed by atoms with van der Waals surface area (Å²) < 4.78 is 3.97. The monoisotopic (exact) mass is 318 g/mol. The van der Waals surface area contributed by atoms with Crippen LogP contribution in [0.2, 0.25) is 5.15 Å². The Hall–Kier alpha value is -1.72. The first-order valence-electron chi connectivity index (χ1n) is 6.54. The smallest absolute Gasteiger partial charge is 0.173 e. The zero-order valence-electron chi connectivity index (χ0n) is 11.8. The number of thioether (sulfide) groups is 1. The van der Waals surface area contributed by atoms with Crippen LogP contribution in [0.15, 0.2) is 48.0 Å². The lowest BCUT2D eigenvalue weighted by Crippen LogP contribution is -1.99. The third-order valence-electron chi connectivity index (χ3n) is 3.24. The van der Waals surface area contributed by atoms with Gasteiger partial charge in [-0.15, -0.1) is 0 Å². The van der Waals surface area contributed by atoms with E-state index in [-0.39, 0.29) is 0 Å². The van der Waals surface area contributed by atoms with Crippen molar-refractivity contribution in [1.82, 2.24) is 19.1 Å². The standard InChI is InChI=1S/C15H15ClN4S/c1-11-4-3-5-12(8-11)20-7-6-17-15(20)21-10-14-18-9-13(16)19(14)2/h3-9H,10H2,1-2H3. The Kier molecular flexibility index (Phi) is 4.03. The number of halogens is 1. The molecule has 1 aromatic carbocycles. The van der Waals surface area contributed by atoms with Gasteiger partial charge in [-0.1, -0.05) is 35.5 Å². The molecule has 0 bridgehead atoms. The van der Waals surface area contributed by atoms with Crippen LogP contribution in [-0.2, 0) is 12.8 Å². The first-order valence-corrected chi connectivity index (χ1v) is 7.91. The average Bonchev–Trinajstić information content (AvgIpc) is 3.06. The Morgan fingerprint density at radius 3 is 2.86 bits per heavy atom. The van der Waals surface area contributed by atoms with Crippen molar-refractivity contribution in [1.29, 1.82) is 0 Å². The molecule has 2 aromatic heterocycles. The fourth-order valence-corrected chi connectivity index (χ4v) is 3.17. The fraction of sp³-hybridized carbons (Fsp3) is 0.200. The van der Waals surface area contributed by atoms with Crippen molar-refractivity contribution in [2.45, 2.75) is 17.8 Å². The van der Waals surface area contributed by atoms with Crippen molar-refractivity contribution in [3.8, 4) is 5.69 Å². The van der Waals surface area contributed by atoms with Gasteiger partial charge in [0, 0.05) is 25.1 Å². The molecule has 0 saturated heterocycles.